The first-order chi connectivity index (χ1) is 31.6. The van der Waals surface area contributed by atoms with E-state index in [9.17, 15) is 73.5 Å². The van der Waals surface area contributed by atoms with Crippen molar-refractivity contribution in [1.82, 2.24) is 37.2 Å². The number of phenols is 1. The van der Waals surface area contributed by atoms with E-state index in [1.54, 1.807) is 6.26 Å². The lowest BCUT2D eigenvalue weighted by Crippen LogP contribution is -2.60. The Morgan fingerprint density at radius 1 is 0.597 bits per heavy atom. The van der Waals surface area contributed by atoms with Crippen LogP contribution in [-0.4, -0.2) is 158 Å². The molecule has 0 spiro atoms. The number of amides is 6. The number of guanidine groups is 1. The van der Waals surface area contributed by atoms with Crippen LogP contribution in [0, 0.1) is 5.41 Å². The molecule has 6 amide bonds. The van der Waals surface area contributed by atoms with Crippen molar-refractivity contribution in [1.29, 1.82) is 5.41 Å². The molecule has 1 rings (SSSR count). The monoisotopic (exact) mass is 969 g/mol. The van der Waals surface area contributed by atoms with Gasteiger partial charge in [0.05, 0.1) is 12.5 Å². The highest BCUT2D eigenvalue weighted by Gasteiger charge is 2.35. The lowest BCUT2D eigenvalue weighted by atomic mass is 10.0. The van der Waals surface area contributed by atoms with Gasteiger partial charge in [-0.15, -0.1) is 0 Å². The Morgan fingerprint density at radius 3 is 1.49 bits per heavy atom. The molecule has 27 heteroatoms. The number of benzene rings is 1. The van der Waals surface area contributed by atoms with Crippen LogP contribution >= 0.6 is 11.8 Å². The van der Waals surface area contributed by atoms with Gasteiger partial charge in [-0.1, -0.05) is 18.6 Å². The minimum absolute atomic E-state index is 0.0143. The van der Waals surface area contributed by atoms with Crippen molar-refractivity contribution >= 4 is 77.0 Å². The van der Waals surface area contributed by atoms with Crippen molar-refractivity contribution in [2.24, 2.45) is 17.2 Å². The molecule has 0 aliphatic carbocycles. The first-order valence-corrected chi connectivity index (χ1v) is 22.5. The molecular formula is C40H63N11O15S. The molecule has 0 fully saturated rings. The molecule has 1 aromatic carbocycles. The molecule has 0 bridgehead atoms. The summed E-state index contributed by atoms with van der Waals surface area (Å²) in [6, 6.07) is -5.49. The van der Waals surface area contributed by atoms with Gasteiger partial charge >= 0.3 is 23.9 Å². The SMILES string of the molecule is CSCC[C@H](NC(=O)[C@H](CCC(=O)O)NC(=O)[C@@H](N)CCCCN)C(=O)N[C@@H](CC(=O)O)C(=O)N[C@@H](CCC(=O)O)C(=O)N[C@@H](CCCNC(=N)N)C(=O)N[C@@H](Cc1ccc(O)cc1)C(=O)O. The van der Waals surface area contributed by atoms with E-state index in [1.165, 1.54) is 36.0 Å². The summed E-state index contributed by atoms with van der Waals surface area (Å²) in [4.78, 5) is 128. The van der Waals surface area contributed by atoms with Crippen LogP contribution in [0.5, 0.6) is 5.75 Å². The van der Waals surface area contributed by atoms with Crippen LogP contribution in [0.1, 0.15) is 76.2 Å². The van der Waals surface area contributed by atoms with Crippen LogP contribution in [0.3, 0.4) is 0 Å². The number of hydrogen-bond donors (Lipinski definition) is 16. The maximum atomic E-state index is 13.8. The van der Waals surface area contributed by atoms with Crippen molar-refractivity contribution in [2.75, 3.05) is 25.1 Å². The number of aliphatic carboxylic acids is 4. The second-order valence-electron chi connectivity index (χ2n) is 15.2. The quantitative estimate of drug-likeness (QED) is 0.0182. The van der Waals surface area contributed by atoms with E-state index in [4.69, 9.17) is 22.6 Å². The molecule has 0 aliphatic rings. The Labute approximate surface area is 389 Å². The Hall–Kier alpha value is -6.74. The fourth-order valence-corrected chi connectivity index (χ4v) is 6.58. The largest absolute Gasteiger partial charge is 0.508 e. The summed E-state index contributed by atoms with van der Waals surface area (Å²) < 4.78 is 0. The van der Waals surface area contributed by atoms with Gasteiger partial charge in [-0.2, -0.15) is 11.8 Å². The Balaban J connectivity index is 3.42. The zero-order valence-electron chi connectivity index (χ0n) is 36.9. The molecule has 19 N–H and O–H groups in total. The summed E-state index contributed by atoms with van der Waals surface area (Å²) in [6.07, 6.45) is -1.09. The van der Waals surface area contributed by atoms with Crippen LogP contribution in [0.25, 0.3) is 0 Å². The summed E-state index contributed by atoms with van der Waals surface area (Å²) in [5.74, 6) is -12.5. The summed E-state index contributed by atoms with van der Waals surface area (Å²) in [6.45, 7) is 0.361. The number of phenolic OH excluding ortho intramolecular Hbond substituents is 1. The standard InChI is InChI=1S/C40H63N11O15S/c1-67-18-15-27(49-35(61)25(11-13-30(53)54)46-33(59)23(42)5-2-3-16-41)37(63)50-28(20-32(57)58)38(64)48-26(12-14-31(55)56)36(62)47-24(6-4-17-45-40(43)44)34(60)51-29(39(65)66)19-21-7-9-22(52)10-8-21/h7-10,23-29,52H,2-6,11-20,41-42H2,1H3,(H,46,59)(H,47,62)(H,48,64)(H,49,61)(H,50,63)(H,51,60)(H,53,54)(H,55,56)(H,57,58)(H,65,66)(H4,43,44,45)/t23-,24-,25-,26-,27-,28-,29-/m0/s1. The van der Waals surface area contributed by atoms with Crippen LogP contribution < -0.4 is 54.4 Å². The number of carboxylic acid groups (broad SMARTS) is 4. The molecule has 67 heavy (non-hydrogen) atoms. The van der Waals surface area contributed by atoms with Crippen molar-refractivity contribution in [3.05, 3.63) is 29.8 Å². The fourth-order valence-electron chi connectivity index (χ4n) is 6.11. The van der Waals surface area contributed by atoms with Gasteiger partial charge in [0.1, 0.15) is 42.0 Å². The van der Waals surface area contributed by atoms with Crippen molar-refractivity contribution in [3.8, 4) is 5.75 Å². The fraction of sp³-hybridized carbons (Fsp3) is 0.575. The third kappa shape index (κ3) is 24.4. The molecule has 1 aromatic rings. The van der Waals surface area contributed by atoms with E-state index in [2.05, 4.69) is 37.2 Å². The molecule has 0 heterocycles. The molecule has 374 valence electrons. The average Bonchev–Trinajstić information content (AvgIpc) is 3.25. The molecule has 26 nitrogen and oxygen atoms in total. The zero-order chi connectivity index (χ0) is 50.6. The normalized spacial score (nSPS) is 14.0. The number of carboxylic acids is 4. The number of aromatic hydroxyl groups is 1. The number of carbonyl (C=O) groups is 10. The third-order valence-electron chi connectivity index (χ3n) is 9.73. The molecular weight excluding hydrogens is 907 g/mol. The Bertz CT molecular complexity index is 1880. The third-order valence-corrected chi connectivity index (χ3v) is 10.4. The first kappa shape index (κ1) is 58.3. The summed E-state index contributed by atoms with van der Waals surface area (Å²) in [7, 11) is 0. The topological polar surface area (TPSA) is 458 Å². The van der Waals surface area contributed by atoms with Gasteiger partial charge in [0.25, 0.3) is 0 Å². The number of carbonyl (C=O) groups excluding carboxylic acids is 6. The van der Waals surface area contributed by atoms with Crippen LogP contribution in [0.4, 0.5) is 0 Å². The number of thioether (sulfide) groups is 1. The summed E-state index contributed by atoms with van der Waals surface area (Å²) in [5.41, 5.74) is 17.2. The lowest BCUT2D eigenvalue weighted by Gasteiger charge is -2.27. The zero-order valence-corrected chi connectivity index (χ0v) is 37.7. The number of nitrogens with one attached hydrogen (secondary N) is 8. The minimum atomic E-state index is -1.97. The van der Waals surface area contributed by atoms with Gasteiger partial charge < -0.3 is 80.0 Å². The molecule has 0 saturated heterocycles. The molecule has 0 aliphatic heterocycles. The Morgan fingerprint density at radius 2 is 1.04 bits per heavy atom. The second-order valence-corrected chi connectivity index (χ2v) is 16.2. The molecule has 0 saturated carbocycles. The molecule has 7 atom stereocenters. The number of nitrogens with two attached hydrogens (primary N) is 3. The summed E-state index contributed by atoms with van der Waals surface area (Å²) in [5, 5.41) is 71.7. The highest BCUT2D eigenvalue weighted by atomic mass is 32.2. The van der Waals surface area contributed by atoms with Gasteiger partial charge in [0, 0.05) is 25.8 Å². The second kappa shape index (κ2) is 31.2. The summed E-state index contributed by atoms with van der Waals surface area (Å²) >= 11 is 1.24. The van der Waals surface area contributed by atoms with E-state index in [0.29, 0.717) is 24.9 Å². The van der Waals surface area contributed by atoms with Gasteiger partial charge in [-0.3, -0.25) is 48.6 Å². The van der Waals surface area contributed by atoms with E-state index < -0.39 is 140 Å². The molecule has 0 unspecified atom stereocenters. The minimum Gasteiger partial charge on any atom is -0.508 e. The van der Waals surface area contributed by atoms with Crippen molar-refractivity contribution in [3.63, 3.8) is 0 Å². The highest BCUT2D eigenvalue weighted by Crippen LogP contribution is 2.13. The van der Waals surface area contributed by atoms with Gasteiger partial charge in [-0.05, 0) is 81.2 Å². The number of rotatable bonds is 34. The maximum Gasteiger partial charge on any atom is 0.326 e. The first-order valence-electron chi connectivity index (χ1n) is 21.1. The van der Waals surface area contributed by atoms with Crippen molar-refractivity contribution in [2.45, 2.75) is 119 Å². The molecule has 0 radical (unpaired) electrons. The van der Waals surface area contributed by atoms with E-state index in [1.807, 2.05) is 0 Å². The Kier molecular flexibility index (Phi) is 27.2. The smallest absolute Gasteiger partial charge is 0.326 e. The predicted molar refractivity (Wildman–Crippen MR) is 240 cm³/mol. The maximum absolute atomic E-state index is 13.8. The number of unbranched alkanes of at least 4 members (excludes halogenated alkanes) is 1. The van der Waals surface area contributed by atoms with Crippen LogP contribution in [0.2, 0.25) is 0 Å². The highest BCUT2D eigenvalue weighted by molar-refractivity contribution is 7.98. The lowest BCUT2D eigenvalue weighted by molar-refractivity contribution is -0.142. The van der Waals surface area contributed by atoms with Gasteiger partial charge in [-0.25, -0.2) is 4.79 Å². The molecule has 0 aromatic heterocycles. The van der Waals surface area contributed by atoms with E-state index in [0.717, 1.165) is 0 Å². The number of hydrogen-bond acceptors (Lipinski definition) is 15. The predicted octanol–water partition coefficient (Wildman–Crippen LogP) is -3.39. The van der Waals surface area contributed by atoms with Crippen molar-refractivity contribution < 1.29 is 73.5 Å². The van der Waals surface area contributed by atoms with Gasteiger partial charge in [0.2, 0.25) is 35.4 Å². The average molecular weight is 970 g/mol. The van der Waals surface area contributed by atoms with Crippen LogP contribution in [0.15, 0.2) is 24.3 Å². The van der Waals surface area contributed by atoms with E-state index in [-0.39, 0.29) is 50.2 Å². The van der Waals surface area contributed by atoms with Crippen LogP contribution in [-0.2, 0) is 54.4 Å². The van der Waals surface area contributed by atoms with E-state index >= 15 is 0 Å². The van der Waals surface area contributed by atoms with Gasteiger partial charge in [0.15, 0.2) is 5.96 Å².